The standard InChI is InChI=1S/C11H11N3O3/c1-6(11(16)17)13-10(15)7-2-3-9-8(4-7)5-12-14-9/h2-6H,1H3,(H,12,14)(H,13,15)(H,16,17)/t6-/m1/s1. The van der Waals surface area contributed by atoms with Crippen molar-refractivity contribution in [1.82, 2.24) is 15.5 Å². The van der Waals surface area contributed by atoms with Gasteiger partial charge in [0.2, 0.25) is 0 Å². The van der Waals surface area contributed by atoms with Crippen molar-refractivity contribution in [3.63, 3.8) is 0 Å². The van der Waals surface area contributed by atoms with Gasteiger partial charge < -0.3 is 10.4 Å². The summed E-state index contributed by atoms with van der Waals surface area (Å²) in [6.07, 6.45) is 1.60. The number of aliphatic carboxylic acids is 1. The minimum atomic E-state index is -1.07. The number of carbonyl (C=O) groups is 2. The van der Waals surface area contributed by atoms with E-state index in [-0.39, 0.29) is 0 Å². The Kier molecular flexibility index (Phi) is 2.78. The molecule has 0 fully saturated rings. The molecule has 0 bridgehead atoms. The summed E-state index contributed by atoms with van der Waals surface area (Å²) in [5.74, 6) is -1.48. The number of H-pyrrole nitrogens is 1. The molecule has 0 saturated carbocycles. The van der Waals surface area contributed by atoms with Gasteiger partial charge in [0.15, 0.2) is 0 Å². The van der Waals surface area contributed by atoms with Crippen LogP contribution >= 0.6 is 0 Å². The lowest BCUT2D eigenvalue weighted by Gasteiger charge is -2.08. The number of aromatic amines is 1. The zero-order valence-corrected chi connectivity index (χ0v) is 9.10. The lowest BCUT2D eigenvalue weighted by Crippen LogP contribution is -2.38. The molecule has 0 saturated heterocycles. The molecule has 2 rings (SSSR count). The van der Waals surface area contributed by atoms with E-state index in [1.54, 1.807) is 24.4 Å². The summed E-state index contributed by atoms with van der Waals surface area (Å²) in [5, 5.41) is 18.5. The number of fused-ring (bicyclic) bond motifs is 1. The van der Waals surface area contributed by atoms with Gasteiger partial charge in [-0.15, -0.1) is 0 Å². The Labute approximate surface area is 96.6 Å². The number of hydrogen-bond acceptors (Lipinski definition) is 3. The lowest BCUT2D eigenvalue weighted by molar-refractivity contribution is -0.138. The molecule has 1 atom stereocenters. The van der Waals surface area contributed by atoms with Crippen LogP contribution in [0.25, 0.3) is 10.9 Å². The Morgan fingerprint density at radius 2 is 2.24 bits per heavy atom. The van der Waals surface area contributed by atoms with Crippen molar-refractivity contribution in [3.05, 3.63) is 30.0 Å². The average molecular weight is 233 g/mol. The summed E-state index contributed by atoms with van der Waals surface area (Å²) in [6, 6.07) is 4.08. The third kappa shape index (κ3) is 2.25. The molecule has 2 aromatic rings. The molecular formula is C11H11N3O3. The Morgan fingerprint density at radius 3 is 2.94 bits per heavy atom. The van der Waals surface area contributed by atoms with Crippen molar-refractivity contribution >= 4 is 22.8 Å². The monoisotopic (exact) mass is 233 g/mol. The number of hydrogen-bond donors (Lipinski definition) is 3. The Hall–Kier alpha value is -2.37. The summed E-state index contributed by atoms with van der Waals surface area (Å²) in [5.41, 5.74) is 1.24. The summed E-state index contributed by atoms with van der Waals surface area (Å²) < 4.78 is 0. The largest absolute Gasteiger partial charge is 0.480 e. The fourth-order valence-corrected chi connectivity index (χ4v) is 1.43. The van der Waals surface area contributed by atoms with E-state index in [0.29, 0.717) is 5.56 Å². The van der Waals surface area contributed by atoms with E-state index in [0.717, 1.165) is 10.9 Å². The molecule has 1 heterocycles. The number of nitrogens with zero attached hydrogens (tertiary/aromatic N) is 1. The van der Waals surface area contributed by atoms with Gasteiger partial charge in [-0.25, -0.2) is 0 Å². The van der Waals surface area contributed by atoms with Crippen molar-refractivity contribution in [2.45, 2.75) is 13.0 Å². The van der Waals surface area contributed by atoms with Gasteiger partial charge in [-0.1, -0.05) is 0 Å². The molecule has 17 heavy (non-hydrogen) atoms. The molecular weight excluding hydrogens is 222 g/mol. The van der Waals surface area contributed by atoms with Crippen LogP contribution in [0.2, 0.25) is 0 Å². The second kappa shape index (κ2) is 4.25. The zero-order chi connectivity index (χ0) is 12.4. The highest BCUT2D eigenvalue weighted by atomic mass is 16.4. The van der Waals surface area contributed by atoms with Crippen LogP contribution in [0.3, 0.4) is 0 Å². The summed E-state index contributed by atoms with van der Waals surface area (Å²) in [6.45, 7) is 1.41. The molecule has 0 aliphatic carbocycles. The van der Waals surface area contributed by atoms with Gasteiger partial charge in [0.1, 0.15) is 6.04 Å². The SMILES string of the molecule is C[C@@H](NC(=O)c1ccc2[nH]ncc2c1)C(=O)O. The van der Waals surface area contributed by atoms with Gasteiger partial charge in [-0.05, 0) is 25.1 Å². The number of carbonyl (C=O) groups excluding carboxylic acids is 1. The van der Waals surface area contributed by atoms with Crippen molar-refractivity contribution in [2.24, 2.45) is 0 Å². The minimum absolute atomic E-state index is 0.409. The maximum absolute atomic E-state index is 11.7. The van der Waals surface area contributed by atoms with Gasteiger partial charge >= 0.3 is 5.97 Å². The number of rotatable bonds is 3. The van der Waals surface area contributed by atoms with Crippen LogP contribution in [0.5, 0.6) is 0 Å². The van der Waals surface area contributed by atoms with E-state index < -0.39 is 17.9 Å². The molecule has 88 valence electrons. The predicted molar refractivity (Wildman–Crippen MR) is 60.7 cm³/mol. The number of benzene rings is 1. The summed E-state index contributed by atoms with van der Waals surface area (Å²) in [7, 11) is 0. The second-order valence-electron chi connectivity index (χ2n) is 3.71. The van der Waals surface area contributed by atoms with Gasteiger partial charge in [0, 0.05) is 10.9 Å². The van der Waals surface area contributed by atoms with Crippen LogP contribution in [0, 0.1) is 0 Å². The predicted octanol–water partition coefficient (Wildman–Crippen LogP) is 0.766. The van der Waals surface area contributed by atoms with Gasteiger partial charge in [0.25, 0.3) is 5.91 Å². The van der Waals surface area contributed by atoms with Crippen LogP contribution in [0.4, 0.5) is 0 Å². The van der Waals surface area contributed by atoms with Crippen LogP contribution in [-0.2, 0) is 4.79 Å². The first-order valence-corrected chi connectivity index (χ1v) is 5.05. The van der Waals surface area contributed by atoms with E-state index in [9.17, 15) is 9.59 Å². The minimum Gasteiger partial charge on any atom is -0.480 e. The highest BCUT2D eigenvalue weighted by molar-refractivity contribution is 5.99. The van der Waals surface area contributed by atoms with E-state index >= 15 is 0 Å². The van der Waals surface area contributed by atoms with E-state index in [4.69, 9.17) is 5.11 Å². The normalized spacial score (nSPS) is 12.3. The molecule has 1 aromatic carbocycles. The maximum Gasteiger partial charge on any atom is 0.325 e. The van der Waals surface area contributed by atoms with Gasteiger partial charge in [-0.3, -0.25) is 14.7 Å². The number of aromatic nitrogens is 2. The number of carboxylic acid groups (broad SMARTS) is 1. The smallest absolute Gasteiger partial charge is 0.325 e. The van der Waals surface area contributed by atoms with Crippen LogP contribution < -0.4 is 5.32 Å². The summed E-state index contributed by atoms with van der Waals surface area (Å²) >= 11 is 0. The first-order chi connectivity index (χ1) is 8.08. The highest BCUT2D eigenvalue weighted by Gasteiger charge is 2.15. The molecule has 0 radical (unpaired) electrons. The first kappa shape index (κ1) is 11.1. The van der Waals surface area contributed by atoms with Crippen molar-refractivity contribution in [2.75, 3.05) is 0 Å². The molecule has 1 aromatic heterocycles. The van der Waals surface area contributed by atoms with Crippen LogP contribution in [0.15, 0.2) is 24.4 Å². The quantitative estimate of drug-likeness (QED) is 0.729. The third-order valence-electron chi connectivity index (χ3n) is 2.42. The topological polar surface area (TPSA) is 95.1 Å². The van der Waals surface area contributed by atoms with E-state index in [1.165, 1.54) is 6.92 Å². The van der Waals surface area contributed by atoms with Crippen LogP contribution in [0.1, 0.15) is 17.3 Å². The number of carboxylic acids is 1. The first-order valence-electron chi connectivity index (χ1n) is 5.05. The molecule has 0 spiro atoms. The maximum atomic E-state index is 11.7. The molecule has 6 nitrogen and oxygen atoms in total. The fourth-order valence-electron chi connectivity index (χ4n) is 1.43. The summed E-state index contributed by atoms with van der Waals surface area (Å²) in [4.78, 5) is 22.3. The molecule has 6 heteroatoms. The van der Waals surface area contributed by atoms with Crippen LogP contribution in [-0.4, -0.2) is 33.2 Å². The Morgan fingerprint density at radius 1 is 1.47 bits per heavy atom. The Balaban J connectivity index is 2.21. The average Bonchev–Trinajstić information content (AvgIpc) is 2.75. The number of nitrogens with one attached hydrogen (secondary N) is 2. The van der Waals surface area contributed by atoms with Crippen molar-refractivity contribution in [3.8, 4) is 0 Å². The van der Waals surface area contributed by atoms with Crippen molar-refractivity contribution < 1.29 is 14.7 Å². The van der Waals surface area contributed by atoms with E-state index in [2.05, 4.69) is 15.5 Å². The highest BCUT2D eigenvalue weighted by Crippen LogP contribution is 2.12. The van der Waals surface area contributed by atoms with Gasteiger partial charge in [-0.2, -0.15) is 5.10 Å². The molecule has 0 unspecified atom stereocenters. The Bertz CT molecular complexity index is 576. The molecule has 3 N–H and O–H groups in total. The van der Waals surface area contributed by atoms with E-state index in [1.807, 2.05) is 0 Å². The second-order valence-corrected chi connectivity index (χ2v) is 3.71. The third-order valence-corrected chi connectivity index (χ3v) is 2.42. The number of amides is 1. The molecule has 1 amide bonds. The van der Waals surface area contributed by atoms with Gasteiger partial charge in [0.05, 0.1) is 11.7 Å². The lowest BCUT2D eigenvalue weighted by atomic mass is 10.1. The zero-order valence-electron chi connectivity index (χ0n) is 9.10. The molecule has 0 aliphatic rings. The molecule has 0 aliphatic heterocycles. The van der Waals surface area contributed by atoms with Crippen molar-refractivity contribution in [1.29, 1.82) is 0 Å². The fraction of sp³-hybridized carbons (Fsp3) is 0.182.